The van der Waals surface area contributed by atoms with Crippen molar-refractivity contribution in [2.45, 2.75) is 37.6 Å². The molecule has 100 valence electrons. The quantitative estimate of drug-likeness (QED) is 0.851. The Bertz CT molecular complexity index is 430. The Kier molecular flexibility index (Phi) is 5.04. The van der Waals surface area contributed by atoms with Crippen LogP contribution in [0.25, 0.3) is 0 Å². The van der Waals surface area contributed by atoms with E-state index in [0.29, 0.717) is 17.2 Å². The number of nitrogens with one attached hydrogen (secondary N) is 1. The maximum atomic E-state index is 12.0. The second kappa shape index (κ2) is 6.11. The maximum absolute atomic E-state index is 12.0. The Hall–Kier alpha value is -1.20. The van der Waals surface area contributed by atoms with Crippen molar-refractivity contribution >= 4 is 16.9 Å². The van der Waals surface area contributed by atoms with E-state index in [1.807, 2.05) is 19.9 Å². The first-order chi connectivity index (χ1) is 8.33. The van der Waals surface area contributed by atoms with Crippen molar-refractivity contribution in [1.29, 1.82) is 0 Å². The van der Waals surface area contributed by atoms with Crippen molar-refractivity contribution in [1.82, 2.24) is 4.72 Å². The van der Waals surface area contributed by atoms with Crippen molar-refractivity contribution in [3.63, 3.8) is 0 Å². The zero-order valence-corrected chi connectivity index (χ0v) is 11.8. The van der Waals surface area contributed by atoms with Gasteiger partial charge < -0.3 is 5.73 Å². The van der Waals surface area contributed by atoms with Gasteiger partial charge in [0.1, 0.15) is 0 Å². The number of carbonyl (C=O) groups excluding carboxylic acids is 1. The smallest absolute Gasteiger partial charge is 0.251 e. The zero-order chi connectivity index (χ0) is 13.8. The molecule has 0 heterocycles. The molecule has 1 amide bonds. The number of hydrogen-bond acceptors (Lipinski definition) is 3. The van der Waals surface area contributed by atoms with Crippen LogP contribution in [0.3, 0.4) is 0 Å². The molecule has 2 atom stereocenters. The third-order valence-electron chi connectivity index (χ3n) is 2.49. The van der Waals surface area contributed by atoms with Gasteiger partial charge in [-0.3, -0.25) is 9.52 Å². The number of carbonyl (C=O) groups is 1. The van der Waals surface area contributed by atoms with Crippen LogP contribution in [0, 0.1) is 5.92 Å². The van der Waals surface area contributed by atoms with Gasteiger partial charge in [0.25, 0.3) is 5.91 Å². The van der Waals surface area contributed by atoms with E-state index in [4.69, 9.17) is 5.73 Å². The molecule has 0 spiro atoms. The minimum atomic E-state index is -1.55. The SMILES string of the molecule is CC(C)CC(C)(N)C(=O)NS(=O)c1ccccc1. The summed E-state index contributed by atoms with van der Waals surface area (Å²) in [7, 11) is -1.55. The molecule has 3 N–H and O–H groups in total. The Morgan fingerprint density at radius 1 is 1.39 bits per heavy atom. The first-order valence-corrected chi connectivity index (χ1v) is 7.04. The van der Waals surface area contributed by atoms with Crippen molar-refractivity contribution in [2.75, 3.05) is 0 Å². The van der Waals surface area contributed by atoms with E-state index in [1.54, 1.807) is 31.2 Å². The molecular formula is C13H20N2O2S. The lowest BCUT2D eigenvalue weighted by atomic mass is 9.91. The van der Waals surface area contributed by atoms with Crippen LogP contribution < -0.4 is 10.5 Å². The summed E-state index contributed by atoms with van der Waals surface area (Å²) < 4.78 is 14.4. The molecule has 1 rings (SSSR count). The van der Waals surface area contributed by atoms with Crippen molar-refractivity contribution in [3.05, 3.63) is 30.3 Å². The summed E-state index contributed by atoms with van der Waals surface area (Å²) in [6, 6.07) is 8.78. The Labute approximate surface area is 111 Å². The van der Waals surface area contributed by atoms with Crippen molar-refractivity contribution < 1.29 is 9.00 Å². The van der Waals surface area contributed by atoms with E-state index >= 15 is 0 Å². The monoisotopic (exact) mass is 268 g/mol. The molecule has 1 aromatic carbocycles. The van der Waals surface area contributed by atoms with Crippen LogP contribution in [-0.2, 0) is 15.8 Å². The molecule has 0 fully saturated rings. The predicted molar refractivity (Wildman–Crippen MR) is 73.0 cm³/mol. The summed E-state index contributed by atoms with van der Waals surface area (Å²) in [5.74, 6) is -0.0886. The molecule has 0 saturated heterocycles. The summed E-state index contributed by atoms with van der Waals surface area (Å²) in [5, 5.41) is 0. The Balaban J connectivity index is 2.68. The highest BCUT2D eigenvalue weighted by molar-refractivity contribution is 7.83. The molecule has 0 bridgehead atoms. The van der Waals surface area contributed by atoms with Crippen LogP contribution >= 0.6 is 0 Å². The highest BCUT2D eigenvalue weighted by atomic mass is 32.2. The van der Waals surface area contributed by atoms with E-state index < -0.39 is 22.4 Å². The van der Waals surface area contributed by atoms with Gasteiger partial charge in [0.05, 0.1) is 10.4 Å². The molecule has 0 aliphatic rings. The number of hydrogen-bond donors (Lipinski definition) is 2. The lowest BCUT2D eigenvalue weighted by Gasteiger charge is -2.24. The Morgan fingerprint density at radius 2 is 1.94 bits per heavy atom. The fourth-order valence-corrected chi connectivity index (χ4v) is 2.67. The normalized spacial score (nSPS) is 16.1. The van der Waals surface area contributed by atoms with E-state index in [2.05, 4.69) is 4.72 Å². The fourth-order valence-electron chi connectivity index (χ4n) is 1.74. The van der Waals surface area contributed by atoms with Crippen LogP contribution in [-0.4, -0.2) is 15.7 Å². The van der Waals surface area contributed by atoms with Gasteiger partial charge in [-0.1, -0.05) is 32.0 Å². The minimum absolute atomic E-state index is 0.302. The highest BCUT2D eigenvalue weighted by Crippen LogP contribution is 2.14. The van der Waals surface area contributed by atoms with Crippen molar-refractivity contribution in [2.24, 2.45) is 11.7 Å². The summed E-state index contributed by atoms with van der Waals surface area (Å²) in [5.41, 5.74) is 4.94. The van der Waals surface area contributed by atoms with Crippen LogP contribution in [0.5, 0.6) is 0 Å². The van der Waals surface area contributed by atoms with E-state index in [-0.39, 0.29) is 0 Å². The van der Waals surface area contributed by atoms with E-state index in [9.17, 15) is 9.00 Å². The molecule has 18 heavy (non-hydrogen) atoms. The van der Waals surface area contributed by atoms with E-state index in [0.717, 1.165) is 0 Å². The van der Waals surface area contributed by atoms with Crippen molar-refractivity contribution in [3.8, 4) is 0 Å². The Morgan fingerprint density at radius 3 is 2.44 bits per heavy atom. The largest absolute Gasteiger partial charge is 0.318 e. The molecule has 1 aromatic rings. The first kappa shape index (κ1) is 14.9. The van der Waals surface area contributed by atoms with Gasteiger partial charge in [0.2, 0.25) is 0 Å². The second-order valence-corrected chi connectivity index (χ2v) is 6.24. The summed E-state index contributed by atoms with van der Waals surface area (Å²) >= 11 is 0. The lowest BCUT2D eigenvalue weighted by Crippen LogP contribution is -2.52. The summed E-state index contributed by atoms with van der Waals surface area (Å²) in [6.45, 7) is 5.64. The minimum Gasteiger partial charge on any atom is -0.318 e. The van der Waals surface area contributed by atoms with E-state index in [1.165, 1.54) is 0 Å². The average Bonchev–Trinajstić information content (AvgIpc) is 2.28. The maximum Gasteiger partial charge on any atom is 0.251 e. The van der Waals surface area contributed by atoms with Gasteiger partial charge in [-0.05, 0) is 31.4 Å². The highest BCUT2D eigenvalue weighted by Gasteiger charge is 2.30. The summed E-state index contributed by atoms with van der Waals surface area (Å²) in [6.07, 6.45) is 0.546. The number of benzene rings is 1. The standard InChI is InChI=1S/C13H20N2O2S/c1-10(2)9-13(3,14)12(16)15-18(17)11-7-5-4-6-8-11/h4-8,10H,9,14H2,1-3H3,(H,15,16). The third-order valence-corrected chi connectivity index (χ3v) is 3.56. The topological polar surface area (TPSA) is 72.2 Å². The van der Waals surface area contributed by atoms with Gasteiger partial charge in [0.15, 0.2) is 11.0 Å². The van der Waals surface area contributed by atoms with Gasteiger partial charge >= 0.3 is 0 Å². The van der Waals surface area contributed by atoms with Gasteiger partial charge in [-0.15, -0.1) is 0 Å². The van der Waals surface area contributed by atoms with Gasteiger partial charge in [-0.25, -0.2) is 4.21 Å². The number of amides is 1. The molecule has 0 saturated carbocycles. The molecule has 0 radical (unpaired) electrons. The summed E-state index contributed by atoms with van der Waals surface area (Å²) in [4.78, 5) is 12.5. The van der Waals surface area contributed by atoms with Crippen LogP contribution in [0.1, 0.15) is 27.2 Å². The zero-order valence-electron chi connectivity index (χ0n) is 11.0. The lowest BCUT2D eigenvalue weighted by molar-refractivity contribution is -0.124. The van der Waals surface area contributed by atoms with Gasteiger partial charge in [-0.2, -0.15) is 0 Å². The van der Waals surface area contributed by atoms with Crippen LogP contribution in [0.4, 0.5) is 0 Å². The second-order valence-electron chi connectivity index (χ2n) is 5.03. The van der Waals surface area contributed by atoms with Crippen LogP contribution in [0.15, 0.2) is 35.2 Å². The molecule has 2 unspecified atom stereocenters. The van der Waals surface area contributed by atoms with Crippen LogP contribution in [0.2, 0.25) is 0 Å². The molecule has 4 nitrogen and oxygen atoms in total. The molecular weight excluding hydrogens is 248 g/mol. The number of rotatable bonds is 5. The molecule has 0 aliphatic carbocycles. The fraction of sp³-hybridized carbons (Fsp3) is 0.462. The molecule has 0 aliphatic heterocycles. The average molecular weight is 268 g/mol. The molecule has 5 heteroatoms. The van der Waals surface area contributed by atoms with Gasteiger partial charge in [0, 0.05) is 0 Å². The third kappa shape index (κ3) is 4.23. The number of nitrogens with two attached hydrogens (primary N) is 1. The first-order valence-electron chi connectivity index (χ1n) is 5.89. The molecule has 0 aromatic heterocycles. The predicted octanol–water partition coefficient (Wildman–Crippen LogP) is 1.59.